The van der Waals surface area contributed by atoms with Crippen LogP contribution in [0.3, 0.4) is 0 Å². The van der Waals surface area contributed by atoms with Crippen LogP contribution in [0.5, 0.6) is 0 Å². The Bertz CT molecular complexity index is 129. The van der Waals surface area contributed by atoms with Gasteiger partial charge in [0.1, 0.15) is 0 Å². The van der Waals surface area contributed by atoms with E-state index in [-0.39, 0.29) is 0 Å². The van der Waals surface area contributed by atoms with E-state index in [0.717, 1.165) is 0 Å². The van der Waals surface area contributed by atoms with Gasteiger partial charge in [0, 0.05) is 0 Å². The molecule has 0 aromatic carbocycles. The van der Waals surface area contributed by atoms with Gasteiger partial charge >= 0.3 is 17.4 Å². The van der Waals surface area contributed by atoms with Crippen molar-refractivity contribution in [3.63, 3.8) is 0 Å². The molecule has 1 atom stereocenters. The van der Waals surface area contributed by atoms with Crippen LogP contribution in [0.25, 0.3) is 0 Å². The van der Waals surface area contributed by atoms with Gasteiger partial charge in [-0.25, -0.2) is 0 Å². The van der Waals surface area contributed by atoms with Crippen molar-refractivity contribution in [2.75, 3.05) is 0 Å². The van der Waals surface area contributed by atoms with Crippen molar-refractivity contribution in [3.05, 3.63) is 0 Å². The normalized spacial score (nSPS) is 19.6. The van der Waals surface area contributed by atoms with Gasteiger partial charge in [0.25, 0.3) is 0 Å². The summed E-state index contributed by atoms with van der Waals surface area (Å²) in [6, 6.07) is 0. The zero-order valence-corrected chi connectivity index (χ0v) is 5.35. The van der Waals surface area contributed by atoms with Crippen LogP contribution in [0, 0.1) is 0 Å². The Morgan fingerprint density at radius 3 is 1.18 bits per heavy atom. The Balaban J connectivity index is 4.75. The standard InChI is InChI=1S/C3HClF6O/c4-2(6,7)1(5,11)3(8,9)10/h11H. The average Bonchev–Trinajstić information content (AvgIpc) is 1.58. The van der Waals surface area contributed by atoms with Crippen LogP contribution >= 0.6 is 11.6 Å². The molecule has 8 heteroatoms. The Morgan fingerprint density at radius 2 is 1.18 bits per heavy atom. The molecule has 0 spiro atoms. The molecule has 1 nitrogen and oxygen atoms in total. The Labute approximate surface area is 61.6 Å². The second kappa shape index (κ2) is 2.41. The fraction of sp³-hybridized carbons (Fsp3) is 1.00. The number of rotatable bonds is 1. The molecule has 0 aliphatic carbocycles. The van der Waals surface area contributed by atoms with E-state index in [4.69, 9.17) is 5.11 Å². The quantitative estimate of drug-likeness (QED) is 0.510. The first kappa shape index (κ1) is 10.8. The second-order valence-electron chi connectivity index (χ2n) is 1.62. The van der Waals surface area contributed by atoms with E-state index >= 15 is 0 Å². The van der Waals surface area contributed by atoms with E-state index in [2.05, 4.69) is 11.6 Å². The first-order chi connectivity index (χ1) is 4.50. The maximum absolute atomic E-state index is 11.7. The molecule has 0 aliphatic heterocycles. The molecule has 0 aliphatic rings. The topological polar surface area (TPSA) is 20.2 Å². The fourth-order valence-corrected chi connectivity index (χ4v) is 0.268. The monoisotopic (exact) mass is 202 g/mol. The maximum atomic E-state index is 11.7. The summed E-state index contributed by atoms with van der Waals surface area (Å²) < 4.78 is 67.9. The summed E-state index contributed by atoms with van der Waals surface area (Å²) in [5.74, 6) is -5.69. The van der Waals surface area contributed by atoms with Crippen LogP contribution in [0.2, 0.25) is 0 Å². The minimum atomic E-state index is -6.11. The van der Waals surface area contributed by atoms with E-state index in [0.29, 0.717) is 0 Å². The Morgan fingerprint density at radius 1 is 0.909 bits per heavy atom. The van der Waals surface area contributed by atoms with Crippen molar-refractivity contribution in [2.24, 2.45) is 0 Å². The predicted molar refractivity (Wildman–Crippen MR) is 22.9 cm³/mol. The zero-order valence-electron chi connectivity index (χ0n) is 4.59. The number of halogens is 7. The molecular weight excluding hydrogens is 201 g/mol. The lowest BCUT2D eigenvalue weighted by Gasteiger charge is -2.25. The molecule has 0 saturated carbocycles. The highest BCUT2D eigenvalue weighted by molar-refractivity contribution is 6.22. The highest BCUT2D eigenvalue weighted by atomic mass is 35.5. The van der Waals surface area contributed by atoms with Crippen LogP contribution in [0.4, 0.5) is 26.3 Å². The Kier molecular flexibility index (Phi) is 2.37. The van der Waals surface area contributed by atoms with Crippen molar-refractivity contribution in [3.8, 4) is 0 Å². The molecule has 0 heterocycles. The van der Waals surface area contributed by atoms with E-state index in [1.54, 1.807) is 0 Å². The van der Waals surface area contributed by atoms with E-state index in [9.17, 15) is 26.3 Å². The smallest absolute Gasteiger partial charge is 0.349 e. The first-order valence-corrected chi connectivity index (χ1v) is 2.42. The number of hydrogen-bond acceptors (Lipinski definition) is 1. The van der Waals surface area contributed by atoms with Gasteiger partial charge in [0.05, 0.1) is 0 Å². The average molecular weight is 202 g/mol. The molecule has 0 bridgehead atoms. The summed E-state index contributed by atoms with van der Waals surface area (Å²) >= 11 is 3.63. The molecule has 0 aromatic heterocycles. The van der Waals surface area contributed by atoms with Gasteiger partial charge in [-0.15, -0.1) is 0 Å². The molecule has 0 radical (unpaired) electrons. The summed E-state index contributed by atoms with van der Waals surface area (Å²) in [7, 11) is 0. The SMILES string of the molecule is OC(F)(C(F)(F)F)C(F)(F)Cl. The van der Waals surface area contributed by atoms with Crippen LogP contribution in [0.15, 0.2) is 0 Å². The summed E-state index contributed by atoms with van der Waals surface area (Å²) in [5.41, 5.74) is 0. The third-order valence-electron chi connectivity index (χ3n) is 0.751. The first-order valence-electron chi connectivity index (χ1n) is 2.05. The Hall–Kier alpha value is -0.170. The van der Waals surface area contributed by atoms with Gasteiger partial charge in [-0.1, -0.05) is 0 Å². The fourth-order valence-electron chi connectivity index (χ4n) is 0.161. The predicted octanol–water partition coefficient (Wildman–Crippen LogP) is 2.04. The van der Waals surface area contributed by atoms with Crippen molar-refractivity contribution in [1.29, 1.82) is 0 Å². The summed E-state index contributed by atoms with van der Waals surface area (Å²) in [6.45, 7) is 0. The maximum Gasteiger partial charge on any atom is 0.456 e. The van der Waals surface area contributed by atoms with Crippen LogP contribution in [-0.4, -0.2) is 22.5 Å². The van der Waals surface area contributed by atoms with Gasteiger partial charge in [-0.05, 0) is 11.6 Å². The van der Waals surface area contributed by atoms with Crippen molar-refractivity contribution in [1.82, 2.24) is 0 Å². The highest BCUT2D eigenvalue weighted by Gasteiger charge is 2.70. The molecule has 0 rings (SSSR count). The van der Waals surface area contributed by atoms with Crippen molar-refractivity contribution >= 4 is 11.6 Å². The molecule has 0 saturated heterocycles. The molecule has 11 heavy (non-hydrogen) atoms. The van der Waals surface area contributed by atoms with Crippen LogP contribution in [-0.2, 0) is 0 Å². The molecule has 68 valence electrons. The number of hydrogen-bond donors (Lipinski definition) is 1. The summed E-state index contributed by atoms with van der Waals surface area (Å²) in [5, 5.41) is 2.13. The van der Waals surface area contributed by atoms with E-state index in [1.807, 2.05) is 0 Å². The minimum Gasteiger partial charge on any atom is -0.349 e. The van der Waals surface area contributed by atoms with E-state index < -0.39 is 17.4 Å². The van der Waals surface area contributed by atoms with Gasteiger partial charge in [-0.2, -0.15) is 26.3 Å². The van der Waals surface area contributed by atoms with Gasteiger partial charge in [0.2, 0.25) is 0 Å². The molecule has 1 unspecified atom stereocenters. The van der Waals surface area contributed by atoms with E-state index in [1.165, 1.54) is 0 Å². The highest BCUT2D eigenvalue weighted by Crippen LogP contribution is 2.45. The van der Waals surface area contributed by atoms with Crippen LogP contribution in [0.1, 0.15) is 0 Å². The molecule has 1 N–H and O–H groups in total. The lowest BCUT2D eigenvalue weighted by atomic mass is 10.3. The molecule has 0 aromatic rings. The third kappa shape index (κ3) is 1.90. The lowest BCUT2D eigenvalue weighted by Crippen LogP contribution is -2.52. The number of aliphatic hydroxyl groups is 1. The molecular formula is C3HClF6O. The number of alkyl halides is 7. The van der Waals surface area contributed by atoms with Gasteiger partial charge < -0.3 is 5.11 Å². The van der Waals surface area contributed by atoms with Crippen molar-refractivity contribution < 1.29 is 31.4 Å². The summed E-state index contributed by atoms with van der Waals surface area (Å²) in [6.07, 6.45) is -6.11. The zero-order chi connectivity index (χ0) is 9.50. The minimum absolute atomic E-state index is 3.63. The molecule has 0 fully saturated rings. The van der Waals surface area contributed by atoms with Gasteiger partial charge in [-0.3, -0.25) is 0 Å². The van der Waals surface area contributed by atoms with Crippen molar-refractivity contribution in [2.45, 2.75) is 17.4 Å². The van der Waals surface area contributed by atoms with Crippen LogP contribution < -0.4 is 0 Å². The molecule has 0 amide bonds. The summed E-state index contributed by atoms with van der Waals surface area (Å²) in [4.78, 5) is 0. The second-order valence-corrected chi connectivity index (χ2v) is 2.09. The third-order valence-corrected chi connectivity index (χ3v) is 1.00. The largest absolute Gasteiger partial charge is 0.456 e. The van der Waals surface area contributed by atoms with Gasteiger partial charge in [0.15, 0.2) is 0 Å². The lowest BCUT2D eigenvalue weighted by molar-refractivity contribution is -0.364.